The van der Waals surface area contributed by atoms with E-state index in [4.69, 9.17) is 0 Å². The summed E-state index contributed by atoms with van der Waals surface area (Å²) in [5.74, 6) is -0.611. The van der Waals surface area contributed by atoms with Gasteiger partial charge in [0.05, 0.1) is 0 Å². The van der Waals surface area contributed by atoms with Crippen molar-refractivity contribution in [1.29, 1.82) is 0 Å². The minimum atomic E-state index is -1.02. The maximum atomic E-state index is 12.8. The Balaban J connectivity index is 1.38. The van der Waals surface area contributed by atoms with Crippen molar-refractivity contribution in [2.45, 2.75) is 32.6 Å². The second-order valence-electron chi connectivity index (χ2n) is 7.86. The molecule has 1 saturated heterocycles. The summed E-state index contributed by atoms with van der Waals surface area (Å²) in [6, 6.07) is 14.5. The van der Waals surface area contributed by atoms with Crippen molar-refractivity contribution in [2.24, 2.45) is 5.41 Å². The Labute approximate surface area is 170 Å². The number of nitrogens with zero attached hydrogens (tertiary/aromatic N) is 1. The van der Waals surface area contributed by atoms with Gasteiger partial charge in [-0.15, -0.1) is 0 Å². The van der Waals surface area contributed by atoms with Crippen LogP contribution in [0.4, 0.5) is 17.1 Å². The first-order valence-corrected chi connectivity index (χ1v) is 10.1. The third kappa shape index (κ3) is 4.01. The standard InChI is InChI=1S/C23H25N3O3/c1-16(27)17-4-6-18(7-5-17)24-21(28)23(12-13-23)22(29)25-19-8-10-20(11-9-19)26-14-2-3-15-26/h4-11H,2-3,12-15H2,1H3,(H,24,28)(H,25,29). The fraction of sp³-hybridized carbons (Fsp3) is 0.348. The molecule has 0 radical (unpaired) electrons. The second kappa shape index (κ2) is 7.70. The predicted molar refractivity (Wildman–Crippen MR) is 113 cm³/mol. The van der Waals surface area contributed by atoms with Gasteiger partial charge in [-0.1, -0.05) is 0 Å². The van der Waals surface area contributed by atoms with Gasteiger partial charge < -0.3 is 15.5 Å². The molecule has 2 amide bonds. The SMILES string of the molecule is CC(=O)c1ccc(NC(=O)C2(C(=O)Nc3ccc(N4CCCC4)cc3)CC2)cc1. The predicted octanol–water partition coefficient (Wildman–Crippen LogP) is 3.85. The Bertz CT molecular complexity index is 925. The van der Waals surface area contributed by atoms with Crippen molar-refractivity contribution in [3.63, 3.8) is 0 Å². The summed E-state index contributed by atoms with van der Waals surface area (Å²) in [6.07, 6.45) is 3.49. The number of hydrogen-bond acceptors (Lipinski definition) is 4. The van der Waals surface area contributed by atoms with E-state index in [0.29, 0.717) is 29.8 Å². The molecule has 1 aliphatic carbocycles. The molecule has 0 aromatic heterocycles. The van der Waals surface area contributed by atoms with Crippen LogP contribution >= 0.6 is 0 Å². The van der Waals surface area contributed by atoms with Crippen LogP contribution in [-0.2, 0) is 9.59 Å². The molecule has 4 rings (SSSR count). The molecule has 0 bridgehead atoms. The maximum absolute atomic E-state index is 12.8. The van der Waals surface area contributed by atoms with E-state index in [1.165, 1.54) is 19.8 Å². The third-order valence-electron chi connectivity index (χ3n) is 5.76. The summed E-state index contributed by atoms with van der Waals surface area (Å²) < 4.78 is 0. The highest BCUT2D eigenvalue weighted by Gasteiger charge is 2.56. The third-order valence-corrected chi connectivity index (χ3v) is 5.76. The van der Waals surface area contributed by atoms with Crippen LogP contribution < -0.4 is 15.5 Å². The van der Waals surface area contributed by atoms with Gasteiger partial charge in [0.25, 0.3) is 0 Å². The van der Waals surface area contributed by atoms with Gasteiger partial charge in [0.15, 0.2) is 5.78 Å². The average molecular weight is 391 g/mol. The normalized spacial score (nSPS) is 16.9. The molecule has 1 saturated carbocycles. The zero-order valence-corrected chi connectivity index (χ0v) is 16.5. The van der Waals surface area contributed by atoms with Crippen LogP contribution in [0.15, 0.2) is 48.5 Å². The number of benzene rings is 2. The first-order valence-electron chi connectivity index (χ1n) is 10.1. The number of Topliss-reactive ketones (excluding diaryl/α,β-unsaturated/α-hetero) is 1. The number of carbonyl (C=O) groups is 3. The van der Waals surface area contributed by atoms with Crippen molar-refractivity contribution in [1.82, 2.24) is 0 Å². The lowest BCUT2D eigenvalue weighted by molar-refractivity contribution is -0.131. The molecule has 2 aromatic rings. The monoisotopic (exact) mass is 391 g/mol. The molecule has 2 aromatic carbocycles. The Morgan fingerprint density at radius 1 is 0.793 bits per heavy atom. The highest BCUT2D eigenvalue weighted by Crippen LogP contribution is 2.47. The lowest BCUT2D eigenvalue weighted by atomic mass is 10.0. The fourth-order valence-corrected chi connectivity index (χ4v) is 3.70. The van der Waals surface area contributed by atoms with E-state index in [1.807, 2.05) is 24.3 Å². The van der Waals surface area contributed by atoms with Crippen LogP contribution in [0.1, 0.15) is 43.0 Å². The lowest BCUT2D eigenvalue weighted by Crippen LogP contribution is -2.35. The molecule has 2 N–H and O–H groups in total. The van der Waals surface area contributed by atoms with E-state index in [2.05, 4.69) is 15.5 Å². The number of amides is 2. The van der Waals surface area contributed by atoms with E-state index < -0.39 is 5.41 Å². The van der Waals surface area contributed by atoms with Crippen LogP contribution in [0.2, 0.25) is 0 Å². The van der Waals surface area contributed by atoms with E-state index in [9.17, 15) is 14.4 Å². The quantitative estimate of drug-likeness (QED) is 0.579. The number of ketones is 1. The highest BCUT2D eigenvalue weighted by atomic mass is 16.2. The van der Waals surface area contributed by atoms with Crippen molar-refractivity contribution in [2.75, 3.05) is 28.6 Å². The molecule has 2 fully saturated rings. The van der Waals surface area contributed by atoms with Crippen molar-refractivity contribution >= 4 is 34.7 Å². The summed E-state index contributed by atoms with van der Waals surface area (Å²) in [5, 5.41) is 5.70. The van der Waals surface area contributed by atoms with E-state index in [0.717, 1.165) is 18.8 Å². The van der Waals surface area contributed by atoms with Crippen LogP contribution in [0.5, 0.6) is 0 Å². The first-order chi connectivity index (χ1) is 14.0. The summed E-state index contributed by atoms with van der Waals surface area (Å²) >= 11 is 0. The first kappa shape index (κ1) is 19.2. The number of nitrogens with one attached hydrogen (secondary N) is 2. The van der Waals surface area contributed by atoms with Gasteiger partial charge >= 0.3 is 0 Å². The largest absolute Gasteiger partial charge is 0.372 e. The van der Waals surface area contributed by atoms with Gasteiger partial charge in [-0.25, -0.2) is 0 Å². The van der Waals surface area contributed by atoms with Crippen molar-refractivity contribution in [3.8, 4) is 0 Å². The number of anilines is 3. The molecule has 1 aliphatic heterocycles. The van der Waals surface area contributed by atoms with Gasteiger partial charge in [-0.3, -0.25) is 14.4 Å². The van der Waals surface area contributed by atoms with Crippen molar-refractivity contribution in [3.05, 3.63) is 54.1 Å². The molecule has 0 spiro atoms. The number of hydrogen-bond donors (Lipinski definition) is 2. The molecule has 29 heavy (non-hydrogen) atoms. The molecular formula is C23H25N3O3. The Morgan fingerprint density at radius 2 is 1.28 bits per heavy atom. The zero-order valence-electron chi connectivity index (χ0n) is 16.5. The summed E-state index contributed by atoms with van der Waals surface area (Å²) in [6.45, 7) is 3.64. The number of rotatable bonds is 6. The highest BCUT2D eigenvalue weighted by molar-refractivity contribution is 6.17. The van der Waals surface area contributed by atoms with Crippen LogP contribution in [0, 0.1) is 5.41 Å². The maximum Gasteiger partial charge on any atom is 0.240 e. The van der Waals surface area contributed by atoms with E-state index >= 15 is 0 Å². The molecule has 0 atom stereocenters. The van der Waals surface area contributed by atoms with Gasteiger partial charge in [0.1, 0.15) is 5.41 Å². The second-order valence-corrected chi connectivity index (χ2v) is 7.86. The molecule has 6 heteroatoms. The lowest BCUT2D eigenvalue weighted by Gasteiger charge is -2.19. The smallest absolute Gasteiger partial charge is 0.240 e. The Kier molecular flexibility index (Phi) is 5.09. The Morgan fingerprint density at radius 3 is 1.72 bits per heavy atom. The fourth-order valence-electron chi connectivity index (χ4n) is 3.70. The van der Waals surface area contributed by atoms with E-state index in [-0.39, 0.29) is 17.6 Å². The van der Waals surface area contributed by atoms with Crippen LogP contribution in [0.25, 0.3) is 0 Å². The summed E-state index contributed by atoms with van der Waals surface area (Å²) in [7, 11) is 0. The summed E-state index contributed by atoms with van der Waals surface area (Å²) in [5.41, 5.74) is 2.00. The van der Waals surface area contributed by atoms with Crippen LogP contribution in [0.3, 0.4) is 0 Å². The topological polar surface area (TPSA) is 78.5 Å². The van der Waals surface area contributed by atoms with Gasteiger partial charge in [-0.05, 0) is 81.1 Å². The molecule has 6 nitrogen and oxygen atoms in total. The molecule has 0 unspecified atom stereocenters. The van der Waals surface area contributed by atoms with Crippen LogP contribution in [-0.4, -0.2) is 30.7 Å². The van der Waals surface area contributed by atoms with Gasteiger partial charge in [0, 0.05) is 35.7 Å². The van der Waals surface area contributed by atoms with Crippen molar-refractivity contribution < 1.29 is 14.4 Å². The minimum absolute atomic E-state index is 0.0309. The summed E-state index contributed by atoms with van der Waals surface area (Å²) in [4.78, 5) is 39.2. The van der Waals surface area contributed by atoms with Gasteiger partial charge in [0.2, 0.25) is 11.8 Å². The minimum Gasteiger partial charge on any atom is -0.372 e. The van der Waals surface area contributed by atoms with Gasteiger partial charge in [-0.2, -0.15) is 0 Å². The number of carbonyl (C=O) groups excluding carboxylic acids is 3. The Hall–Kier alpha value is -3.15. The van der Waals surface area contributed by atoms with E-state index in [1.54, 1.807) is 24.3 Å². The molecule has 1 heterocycles. The average Bonchev–Trinajstić information content (AvgIpc) is 3.37. The zero-order chi connectivity index (χ0) is 20.4. The molecule has 150 valence electrons. The molecular weight excluding hydrogens is 366 g/mol. The molecule has 2 aliphatic rings.